The largest absolute Gasteiger partial charge is 0.324 e. The number of halogens is 2. The first kappa shape index (κ1) is 16.8. The van der Waals surface area contributed by atoms with Gasteiger partial charge in [-0.05, 0) is 59.3 Å². The van der Waals surface area contributed by atoms with Crippen LogP contribution in [-0.2, 0) is 14.4 Å². The maximum Gasteiger partial charge on any atom is 0.247 e. The summed E-state index contributed by atoms with van der Waals surface area (Å²) < 4.78 is 0.723. The number of carbonyl (C=O) groups is 3. The molecule has 2 aliphatic carbocycles. The minimum atomic E-state index is -0.854. The number of allylic oxidation sites excluding steroid dienone is 2. The molecule has 1 saturated carbocycles. The number of anilines is 1. The van der Waals surface area contributed by atoms with Gasteiger partial charge in [-0.3, -0.25) is 19.3 Å². The highest BCUT2D eigenvalue weighted by atomic mass is 79.9. The van der Waals surface area contributed by atoms with Gasteiger partial charge in [-0.15, -0.1) is 0 Å². The molecule has 1 aromatic rings. The van der Waals surface area contributed by atoms with Gasteiger partial charge >= 0.3 is 0 Å². The molecule has 0 aromatic heterocycles. The number of nitrogens with one attached hydrogen (secondary N) is 1. The first-order chi connectivity index (χ1) is 11.9. The first-order valence-electron chi connectivity index (χ1n) is 8.19. The van der Waals surface area contributed by atoms with Crippen molar-refractivity contribution in [3.05, 3.63) is 39.8 Å². The van der Waals surface area contributed by atoms with Gasteiger partial charge in [-0.1, -0.05) is 23.8 Å². The number of carbonyl (C=O) groups excluding carboxylic acids is 3. The molecule has 7 heteroatoms. The summed E-state index contributed by atoms with van der Waals surface area (Å²) in [5, 5.41) is 3.19. The van der Waals surface area contributed by atoms with E-state index in [0.717, 1.165) is 15.8 Å². The van der Waals surface area contributed by atoms with E-state index < -0.39 is 11.9 Å². The molecule has 1 heterocycles. The van der Waals surface area contributed by atoms with Gasteiger partial charge in [-0.25, -0.2) is 0 Å². The van der Waals surface area contributed by atoms with Gasteiger partial charge in [0.1, 0.15) is 6.04 Å². The molecule has 1 aliphatic heterocycles. The lowest BCUT2D eigenvalue weighted by atomic mass is 9.85. The second-order valence-electron chi connectivity index (χ2n) is 6.84. The average Bonchev–Trinajstić information content (AvgIpc) is 3.24. The van der Waals surface area contributed by atoms with Crippen LogP contribution in [0.5, 0.6) is 0 Å². The van der Waals surface area contributed by atoms with Crippen LogP contribution in [0.25, 0.3) is 0 Å². The van der Waals surface area contributed by atoms with Crippen molar-refractivity contribution in [1.29, 1.82) is 0 Å². The quantitative estimate of drug-likeness (QED) is 0.599. The SMILES string of the molecule is C[C@H](C(=O)Nc1ccc(Br)c(Cl)c1)N1C(=O)[C@@H]2[C@H](C1=O)[C@H]1C=C[C@H]2C1. The van der Waals surface area contributed by atoms with Gasteiger partial charge in [-0.2, -0.15) is 0 Å². The van der Waals surface area contributed by atoms with Crippen molar-refractivity contribution in [2.24, 2.45) is 23.7 Å². The lowest BCUT2D eigenvalue weighted by Crippen LogP contribution is -2.46. The number of likely N-dealkylation sites (tertiary alicyclic amines) is 1. The van der Waals surface area contributed by atoms with E-state index in [0.29, 0.717) is 10.7 Å². The van der Waals surface area contributed by atoms with E-state index in [-0.39, 0.29) is 35.5 Å². The number of hydrogen-bond donors (Lipinski definition) is 1. The van der Waals surface area contributed by atoms with Crippen molar-refractivity contribution >= 4 is 50.9 Å². The average molecular weight is 424 g/mol. The Bertz CT molecular complexity index is 795. The minimum Gasteiger partial charge on any atom is -0.324 e. The topological polar surface area (TPSA) is 66.5 Å². The van der Waals surface area contributed by atoms with Crippen molar-refractivity contribution < 1.29 is 14.4 Å². The Morgan fingerprint density at radius 1 is 1.24 bits per heavy atom. The number of fused-ring (bicyclic) bond motifs is 5. The van der Waals surface area contributed by atoms with E-state index in [1.165, 1.54) is 0 Å². The standard InChI is InChI=1S/C18H16BrClN2O3/c1-8(16(23)21-11-4-5-12(19)13(20)7-11)22-17(24)14-9-2-3-10(6-9)15(14)18(22)25/h2-5,7-10,14-15H,6H2,1H3,(H,21,23)/t8-,9+,10+,14-,15+/m1/s1. The van der Waals surface area contributed by atoms with Crippen LogP contribution in [0.3, 0.4) is 0 Å². The van der Waals surface area contributed by atoms with Crippen molar-refractivity contribution in [2.75, 3.05) is 5.32 Å². The van der Waals surface area contributed by atoms with Gasteiger partial charge in [0.15, 0.2) is 0 Å². The highest BCUT2D eigenvalue weighted by molar-refractivity contribution is 9.10. The Hall–Kier alpha value is -1.66. The zero-order valence-corrected chi connectivity index (χ0v) is 15.8. The first-order valence-corrected chi connectivity index (χ1v) is 9.36. The smallest absolute Gasteiger partial charge is 0.247 e. The van der Waals surface area contributed by atoms with E-state index in [9.17, 15) is 14.4 Å². The summed E-state index contributed by atoms with van der Waals surface area (Å²) in [5.41, 5.74) is 0.520. The van der Waals surface area contributed by atoms with Crippen LogP contribution in [0.1, 0.15) is 13.3 Å². The van der Waals surface area contributed by atoms with Gasteiger partial charge < -0.3 is 5.32 Å². The van der Waals surface area contributed by atoms with Crippen LogP contribution in [0, 0.1) is 23.7 Å². The Morgan fingerprint density at radius 2 is 1.84 bits per heavy atom. The molecule has 1 saturated heterocycles. The van der Waals surface area contributed by atoms with Crippen molar-refractivity contribution in [2.45, 2.75) is 19.4 Å². The maximum atomic E-state index is 12.7. The summed E-state index contributed by atoms with van der Waals surface area (Å²) in [6, 6.07) is 4.19. The zero-order chi connectivity index (χ0) is 17.9. The van der Waals surface area contributed by atoms with Crippen LogP contribution in [-0.4, -0.2) is 28.7 Å². The fraction of sp³-hybridized carbons (Fsp3) is 0.389. The molecule has 0 radical (unpaired) electrons. The van der Waals surface area contributed by atoms with Crippen molar-refractivity contribution in [3.8, 4) is 0 Å². The highest BCUT2D eigenvalue weighted by Crippen LogP contribution is 2.52. The molecule has 0 unspecified atom stereocenters. The molecule has 130 valence electrons. The molecular weight excluding hydrogens is 408 g/mol. The molecule has 2 bridgehead atoms. The second kappa shape index (κ2) is 5.95. The van der Waals surface area contributed by atoms with Crippen LogP contribution in [0.15, 0.2) is 34.8 Å². The molecule has 2 fully saturated rings. The van der Waals surface area contributed by atoms with Crippen LogP contribution < -0.4 is 5.32 Å². The number of imide groups is 1. The van der Waals surface area contributed by atoms with E-state index in [1.807, 2.05) is 12.2 Å². The Morgan fingerprint density at radius 3 is 2.40 bits per heavy atom. The molecular formula is C18H16BrClN2O3. The van der Waals surface area contributed by atoms with E-state index in [4.69, 9.17) is 11.6 Å². The summed E-state index contributed by atoms with van der Waals surface area (Å²) in [4.78, 5) is 39.2. The fourth-order valence-corrected chi connectivity index (χ4v) is 4.67. The molecule has 3 aliphatic rings. The lowest BCUT2D eigenvalue weighted by molar-refractivity contribution is -0.146. The Kier molecular flexibility index (Phi) is 4.00. The normalized spacial score (nSPS) is 30.8. The number of amides is 3. The summed E-state index contributed by atoms with van der Waals surface area (Å²) in [6.07, 6.45) is 4.95. The number of hydrogen-bond acceptors (Lipinski definition) is 3. The number of rotatable bonds is 3. The molecule has 25 heavy (non-hydrogen) atoms. The molecule has 1 aromatic carbocycles. The molecule has 1 N–H and O–H groups in total. The molecule has 5 nitrogen and oxygen atoms in total. The molecule has 4 rings (SSSR count). The lowest BCUT2D eigenvalue weighted by Gasteiger charge is -2.23. The predicted molar refractivity (Wildman–Crippen MR) is 96.8 cm³/mol. The van der Waals surface area contributed by atoms with Gasteiger partial charge in [0, 0.05) is 10.2 Å². The molecule has 3 amide bonds. The van der Waals surface area contributed by atoms with E-state index in [1.54, 1.807) is 25.1 Å². The third-order valence-corrected chi connectivity index (χ3v) is 6.69. The van der Waals surface area contributed by atoms with Crippen LogP contribution in [0.2, 0.25) is 5.02 Å². The van der Waals surface area contributed by atoms with E-state index >= 15 is 0 Å². The summed E-state index contributed by atoms with van der Waals surface area (Å²) in [6.45, 7) is 1.59. The number of nitrogens with zero attached hydrogens (tertiary/aromatic N) is 1. The van der Waals surface area contributed by atoms with Crippen LogP contribution >= 0.6 is 27.5 Å². The highest BCUT2D eigenvalue weighted by Gasteiger charge is 2.60. The maximum absolute atomic E-state index is 12.7. The number of benzene rings is 1. The van der Waals surface area contributed by atoms with Crippen molar-refractivity contribution in [1.82, 2.24) is 4.90 Å². The Balaban J connectivity index is 1.52. The zero-order valence-electron chi connectivity index (χ0n) is 13.4. The summed E-state index contributed by atoms with van der Waals surface area (Å²) >= 11 is 9.32. The third kappa shape index (κ3) is 2.54. The van der Waals surface area contributed by atoms with Crippen molar-refractivity contribution in [3.63, 3.8) is 0 Å². The molecule has 0 spiro atoms. The minimum absolute atomic E-state index is 0.136. The third-order valence-electron chi connectivity index (χ3n) is 5.46. The van der Waals surface area contributed by atoms with Gasteiger partial charge in [0.05, 0.1) is 16.9 Å². The van der Waals surface area contributed by atoms with E-state index in [2.05, 4.69) is 21.2 Å². The Labute approximate surface area is 158 Å². The van der Waals surface area contributed by atoms with Gasteiger partial charge in [0.2, 0.25) is 17.7 Å². The summed E-state index contributed by atoms with van der Waals surface area (Å²) in [7, 11) is 0. The second-order valence-corrected chi connectivity index (χ2v) is 8.10. The summed E-state index contributed by atoms with van der Waals surface area (Å²) in [5.74, 6) is -1.15. The monoisotopic (exact) mass is 422 g/mol. The molecule has 5 atom stereocenters. The fourth-order valence-electron chi connectivity index (χ4n) is 4.24. The van der Waals surface area contributed by atoms with Crippen LogP contribution in [0.4, 0.5) is 5.69 Å². The predicted octanol–water partition coefficient (Wildman–Crippen LogP) is 3.24. The van der Waals surface area contributed by atoms with Gasteiger partial charge in [0.25, 0.3) is 0 Å².